The lowest BCUT2D eigenvalue weighted by Gasteiger charge is -2.22. The van der Waals surface area contributed by atoms with Gasteiger partial charge in [0.25, 0.3) is 0 Å². The third-order valence-electron chi connectivity index (χ3n) is 4.95. The number of benzene rings is 2. The van der Waals surface area contributed by atoms with Gasteiger partial charge in [0.2, 0.25) is 5.91 Å². The van der Waals surface area contributed by atoms with Gasteiger partial charge in [0, 0.05) is 24.9 Å². The normalized spacial score (nSPS) is 20.5. The average molecular weight is 326 g/mol. The van der Waals surface area contributed by atoms with Crippen LogP contribution in [0, 0.1) is 5.41 Å². The lowest BCUT2D eigenvalue weighted by atomic mass is 9.90. The summed E-state index contributed by atoms with van der Waals surface area (Å²) in [4.78, 5) is 14.3. The molecule has 0 saturated carbocycles. The van der Waals surface area contributed by atoms with Crippen molar-refractivity contribution in [2.75, 3.05) is 26.2 Å². The Bertz CT molecular complexity index is 710. The topological polar surface area (TPSA) is 55.6 Å². The summed E-state index contributed by atoms with van der Waals surface area (Å²) in [5, 5.41) is 2.29. The summed E-state index contributed by atoms with van der Waals surface area (Å²) >= 11 is 0. The Morgan fingerprint density at radius 1 is 1.25 bits per heavy atom. The predicted molar refractivity (Wildman–Crippen MR) is 97.0 cm³/mol. The van der Waals surface area contributed by atoms with Gasteiger partial charge in [0.15, 0.2) is 0 Å². The number of fused-ring (bicyclic) bond motifs is 1. The molecule has 1 saturated heterocycles. The first-order valence-electron chi connectivity index (χ1n) is 8.70. The number of carbonyl (C=O) groups excluding carboxylic acids is 1. The molecule has 3 rings (SSSR count). The smallest absolute Gasteiger partial charge is 0.222 e. The van der Waals surface area contributed by atoms with Crippen molar-refractivity contribution >= 4 is 16.7 Å². The molecule has 4 heteroatoms. The van der Waals surface area contributed by atoms with E-state index >= 15 is 0 Å². The van der Waals surface area contributed by atoms with E-state index in [4.69, 9.17) is 10.5 Å². The summed E-state index contributed by atoms with van der Waals surface area (Å²) in [5.74, 6) is 1.10. The lowest BCUT2D eigenvalue weighted by molar-refractivity contribution is -0.130. The SMILES string of the molecule is CC1(CN)CCN(C(=O)CCCOc2cccc3ccccc23)C1. The molecule has 2 N–H and O–H groups in total. The van der Waals surface area contributed by atoms with Crippen LogP contribution < -0.4 is 10.5 Å². The fraction of sp³-hybridized carbons (Fsp3) is 0.450. The molecule has 1 unspecified atom stereocenters. The van der Waals surface area contributed by atoms with Gasteiger partial charge in [-0.3, -0.25) is 4.79 Å². The molecule has 0 aromatic heterocycles. The number of likely N-dealkylation sites (tertiary alicyclic amines) is 1. The van der Waals surface area contributed by atoms with Crippen molar-refractivity contribution in [2.24, 2.45) is 11.1 Å². The van der Waals surface area contributed by atoms with Crippen LogP contribution in [0.15, 0.2) is 42.5 Å². The van der Waals surface area contributed by atoms with Crippen molar-refractivity contribution < 1.29 is 9.53 Å². The molecule has 24 heavy (non-hydrogen) atoms. The average Bonchev–Trinajstić information content (AvgIpc) is 3.02. The van der Waals surface area contributed by atoms with Crippen molar-refractivity contribution in [3.05, 3.63) is 42.5 Å². The van der Waals surface area contributed by atoms with E-state index in [0.29, 0.717) is 19.6 Å². The highest BCUT2D eigenvalue weighted by atomic mass is 16.5. The molecular formula is C20H26N2O2. The zero-order valence-electron chi connectivity index (χ0n) is 14.3. The van der Waals surface area contributed by atoms with Crippen molar-refractivity contribution in [1.82, 2.24) is 4.90 Å². The second-order valence-corrected chi connectivity index (χ2v) is 7.01. The van der Waals surface area contributed by atoms with Gasteiger partial charge in [-0.05, 0) is 36.3 Å². The molecule has 4 nitrogen and oxygen atoms in total. The van der Waals surface area contributed by atoms with Crippen LogP contribution >= 0.6 is 0 Å². The Balaban J connectivity index is 1.48. The highest BCUT2D eigenvalue weighted by Gasteiger charge is 2.34. The van der Waals surface area contributed by atoms with E-state index < -0.39 is 0 Å². The Morgan fingerprint density at radius 3 is 2.83 bits per heavy atom. The molecule has 1 aliphatic rings. The Labute approximate surface area is 143 Å². The number of hydrogen-bond donors (Lipinski definition) is 1. The summed E-state index contributed by atoms with van der Waals surface area (Å²) in [6.07, 6.45) is 2.27. The standard InChI is InChI=1S/C20H26N2O2/c1-20(14-21)11-12-22(15-20)19(23)10-5-13-24-18-9-4-7-16-6-2-3-8-17(16)18/h2-4,6-9H,5,10-15,21H2,1H3. The fourth-order valence-corrected chi connectivity index (χ4v) is 3.29. The van der Waals surface area contributed by atoms with Gasteiger partial charge in [0.1, 0.15) is 5.75 Å². The van der Waals surface area contributed by atoms with Gasteiger partial charge >= 0.3 is 0 Å². The van der Waals surface area contributed by atoms with E-state index in [1.54, 1.807) is 0 Å². The quantitative estimate of drug-likeness (QED) is 0.830. The summed E-state index contributed by atoms with van der Waals surface area (Å²) in [5.41, 5.74) is 5.90. The monoisotopic (exact) mass is 326 g/mol. The van der Waals surface area contributed by atoms with Crippen LogP contribution in [0.5, 0.6) is 5.75 Å². The van der Waals surface area contributed by atoms with Gasteiger partial charge in [-0.2, -0.15) is 0 Å². The number of rotatable bonds is 6. The third kappa shape index (κ3) is 3.70. The van der Waals surface area contributed by atoms with E-state index in [1.165, 1.54) is 5.39 Å². The van der Waals surface area contributed by atoms with Gasteiger partial charge < -0.3 is 15.4 Å². The fourth-order valence-electron chi connectivity index (χ4n) is 3.29. The molecule has 1 heterocycles. The molecule has 0 bridgehead atoms. The number of carbonyl (C=O) groups is 1. The molecule has 0 radical (unpaired) electrons. The zero-order chi connectivity index (χ0) is 17.0. The molecule has 128 valence electrons. The zero-order valence-corrected chi connectivity index (χ0v) is 14.3. The van der Waals surface area contributed by atoms with Gasteiger partial charge in [-0.1, -0.05) is 43.3 Å². The number of nitrogens with zero attached hydrogens (tertiary/aromatic N) is 1. The largest absolute Gasteiger partial charge is 0.493 e. The molecule has 1 aliphatic heterocycles. The summed E-state index contributed by atoms with van der Waals surface area (Å²) in [7, 11) is 0. The minimum atomic E-state index is 0.0924. The van der Waals surface area contributed by atoms with Crippen LogP contribution in [0.4, 0.5) is 0 Å². The maximum atomic E-state index is 12.3. The first-order valence-corrected chi connectivity index (χ1v) is 8.70. The second-order valence-electron chi connectivity index (χ2n) is 7.01. The van der Waals surface area contributed by atoms with E-state index in [0.717, 1.165) is 37.1 Å². The molecule has 0 spiro atoms. The molecule has 1 atom stereocenters. The predicted octanol–water partition coefficient (Wildman–Crippen LogP) is 3.20. The number of hydrogen-bond acceptors (Lipinski definition) is 3. The van der Waals surface area contributed by atoms with E-state index in [1.807, 2.05) is 29.2 Å². The minimum absolute atomic E-state index is 0.0924. The van der Waals surface area contributed by atoms with E-state index in [-0.39, 0.29) is 11.3 Å². The molecular weight excluding hydrogens is 300 g/mol. The van der Waals surface area contributed by atoms with Crippen LogP contribution in [0.2, 0.25) is 0 Å². The maximum absolute atomic E-state index is 12.3. The summed E-state index contributed by atoms with van der Waals surface area (Å²) < 4.78 is 5.90. The van der Waals surface area contributed by atoms with E-state index in [9.17, 15) is 4.79 Å². The Hall–Kier alpha value is -2.07. The molecule has 0 aliphatic carbocycles. The first kappa shape index (κ1) is 16.8. The Kier molecular flexibility index (Phi) is 5.05. The highest BCUT2D eigenvalue weighted by Crippen LogP contribution is 2.29. The molecule has 2 aromatic carbocycles. The van der Waals surface area contributed by atoms with Crippen LogP contribution in [0.3, 0.4) is 0 Å². The van der Waals surface area contributed by atoms with Crippen molar-refractivity contribution in [1.29, 1.82) is 0 Å². The third-order valence-corrected chi connectivity index (χ3v) is 4.95. The van der Waals surface area contributed by atoms with Crippen LogP contribution in [0.25, 0.3) is 10.8 Å². The first-order chi connectivity index (χ1) is 11.6. The molecule has 1 fully saturated rings. The second kappa shape index (κ2) is 7.22. The van der Waals surface area contributed by atoms with Gasteiger partial charge in [-0.15, -0.1) is 0 Å². The highest BCUT2D eigenvalue weighted by molar-refractivity contribution is 5.88. The van der Waals surface area contributed by atoms with Crippen molar-refractivity contribution in [3.63, 3.8) is 0 Å². The van der Waals surface area contributed by atoms with Gasteiger partial charge in [0.05, 0.1) is 6.61 Å². The summed E-state index contributed by atoms with van der Waals surface area (Å²) in [6, 6.07) is 14.2. The van der Waals surface area contributed by atoms with Crippen LogP contribution in [0.1, 0.15) is 26.2 Å². The van der Waals surface area contributed by atoms with Crippen molar-refractivity contribution in [2.45, 2.75) is 26.2 Å². The van der Waals surface area contributed by atoms with Crippen molar-refractivity contribution in [3.8, 4) is 5.75 Å². The van der Waals surface area contributed by atoms with E-state index in [2.05, 4.69) is 25.1 Å². The summed E-state index contributed by atoms with van der Waals surface area (Å²) in [6.45, 7) is 4.97. The number of amides is 1. The maximum Gasteiger partial charge on any atom is 0.222 e. The lowest BCUT2D eigenvalue weighted by Crippen LogP contribution is -2.34. The number of nitrogens with two attached hydrogens (primary N) is 1. The minimum Gasteiger partial charge on any atom is -0.493 e. The van der Waals surface area contributed by atoms with Crippen LogP contribution in [-0.2, 0) is 4.79 Å². The number of ether oxygens (including phenoxy) is 1. The van der Waals surface area contributed by atoms with Gasteiger partial charge in [-0.25, -0.2) is 0 Å². The van der Waals surface area contributed by atoms with Crippen LogP contribution in [-0.4, -0.2) is 37.0 Å². The molecule has 1 amide bonds. The molecule has 2 aromatic rings. The Morgan fingerprint density at radius 2 is 2.04 bits per heavy atom.